The predicted molar refractivity (Wildman–Crippen MR) is 87.3 cm³/mol. The highest BCUT2D eigenvalue weighted by molar-refractivity contribution is 6.39. The third-order valence-corrected chi connectivity index (χ3v) is 3.50. The van der Waals surface area contributed by atoms with Gasteiger partial charge in [0.05, 0.1) is 22.3 Å². The number of halogens is 2. The number of nitrogens with zero attached hydrogens (tertiary/aromatic N) is 2. The highest BCUT2D eigenvalue weighted by atomic mass is 35.5. The molecule has 110 valence electrons. The van der Waals surface area contributed by atoms with Crippen LogP contribution in [0.3, 0.4) is 0 Å². The monoisotopic (exact) mass is 323 g/mol. The summed E-state index contributed by atoms with van der Waals surface area (Å²) in [7, 11) is 1.80. The average Bonchev–Trinajstić information content (AvgIpc) is 2.43. The summed E-state index contributed by atoms with van der Waals surface area (Å²) in [6.07, 6.45) is 0. The van der Waals surface area contributed by atoms with Crippen molar-refractivity contribution in [2.45, 2.75) is 6.92 Å². The number of hydrogen-bond donors (Lipinski definition) is 1. The molecule has 0 spiro atoms. The number of aryl methyl sites for hydroxylation is 1. The lowest BCUT2D eigenvalue weighted by Crippen LogP contribution is -2.30. The van der Waals surface area contributed by atoms with E-state index in [1.54, 1.807) is 30.1 Å². The number of nitrogens with one attached hydrogen (secondary N) is 1. The number of hydrogen-bond acceptors (Lipinski definition) is 3. The second kappa shape index (κ2) is 6.78. The Bertz CT molecular complexity index is 641. The first-order valence-electron chi connectivity index (χ1n) is 6.36. The van der Waals surface area contributed by atoms with Crippen LogP contribution in [0.15, 0.2) is 36.4 Å². The van der Waals surface area contributed by atoms with Crippen molar-refractivity contribution in [3.05, 3.63) is 52.1 Å². The van der Waals surface area contributed by atoms with Gasteiger partial charge in [0.25, 0.3) is 0 Å². The van der Waals surface area contributed by atoms with Crippen LogP contribution in [0, 0.1) is 6.92 Å². The standard InChI is InChI=1S/C15H15Cl2N3O/c1-10-5-3-8-13(18-10)20(2)9-14(21)19-15-11(16)6-4-7-12(15)17/h3-8H,9H2,1-2H3,(H,19,21). The number of anilines is 2. The zero-order valence-electron chi connectivity index (χ0n) is 11.7. The first kappa shape index (κ1) is 15.6. The summed E-state index contributed by atoms with van der Waals surface area (Å²) in [5.41, 5.74) is 1.32. The van der Waals surface area contributed by atoms with Gasteiger partial charge in [0, 0.05) is 12.7 Å². The molecule has 1 aromatic carbocycles. The van der Waals surface area contributed by atoms with Crippen LogP contribution in [0.2, 0.25) is 10.0 Å². The normalized spacial score (nSPS) is 10.3. The third-order valence-electron chi connectivity index (χ3n) is 2.87. The summed E-state index contributed by atoms with van der Waals surface area (Å²) in [5.74, 6) is 0.520. The second-order valence-corrected chi connectivity index (χ2v) is 5.45. The largest absolute Gasteiger partial charge is 0.350 e. The molecule has 4 nitrogen and oxygen atoms in total. The minimum Gasteiger partial charge on any atom is -0.350 e. The predicted octanol–water partition coefficient (Wildman–Crippen LogP) is 3.77. The number of carbonyl (C=O) groups excluding carboxylic acids is 1. The molecule has 0 unspecified atom stereocenters. The average molecular weight is 324 g/mol. The van der Waals surface area contributed by atoms with Gasteiger partial charge in [0.2, 0.25) is 5.91 Å². The molecule has 21 heavy (non-hydrogen) atoms. The van der Waals surface area contributed by atoms with E-state index in [4.69, 9.17) is 23.2 Å². The van der Waals surface area contributed by atoms with Crippen LogP contribution in [0.4, 0.5) is 11.5 Å². The van der Waals surface area contributed by atoms with Crippen molar-refractivity contribution in [2.75, 3.05) is 23.8 Å². The Balaban J connectivity index is 2.05. The lowest BCUT2D eigenvalue weighted by atomic mass is 10.3. The zero-order valence-corrected chi connectivity index (χ0v) is 13.2. The van der Waals surface area contributed by atoms with Gasteiger partial charge < -0.3 is 10.2 Å². The van der Waals surface area contributed by atoms with E-state index in [9.17, 15) is 4.79 Å². The Morgan fingerprint density at radius 1 is 1.19 bits per heavy atom. The van der Waals surface area contributed by atoms with E-state index in [0.29, 0.717) is 15.7 Å². The summed E-state index contributed by atoms with van der Waals surface area (Å²) in [6.45, 7) is 2.05. The van der Waals surface area contributed by atoms with Crippen LogP contribution in [0.25, 0.3) is 0 Å². The van der Waals surface area contributed by atoms with Crippen molar-refractivity contribution in [1.29, 1.82) is 0 Å². The molecule has 0 aliphatic carbocycles. The van der Waals surface area contributed by atoms with E-state index >= 15 is 0 Å². The number of aromatic nitrogens is 1. The van der Waals surface area contributed by atoms with Crippen molar-refractivity contribution < 1.29 is 4.79 Å². The van der Waals surface area contributed by atoms with Crippen molar-refractivity contribution in [2.24, 2.45) is 0 Å². The van der Waals surface area contributed by atoms with Gasteiger partial charge in [-0.3, -0.25) is 4.79 Å². The molecule has 0 aliphatic rings. The van der Waals surface area contributed by atoms with Crippen LogP contribution in [0.5, 0.6) is 0 Å². The Morgan fingerprint density at radius 2 is 1.81 bits per heavy atom. The molecule has 0 atom stereocenters. The maximum Gasteiger partial charge on any atom is 0.244 e. The summed E-state index contributed by atoms with van der Waals surface area (Å²) in [5, 5.41) is 3.54. The van der Waals surface area contributed by atoms with Crippen LogP contribution in [0.1, 0.15) is 5.69 Å². The van der Waals surface area contributed by atoms with Crippen LogP contribution >= 0.6 is 23.2 Å². The molecular weight excluding hydrogens is 309 g/mol. The van der Waals surface area contributed by atoms with Gasteiger partial charge >= 0.3 is 0 Å². The fraction of sp³-hybridized carbons (Fsp3) is 0.200. The number of pyridine rings is 1. The molecular formula is C15H15Cl2N3O. The molecule has 0 fully saturated rings. The minimum atomic E-state index is -0.212. The smallest absolute Gasteiger partial charge is 0.244 e. The van der Waals surface area contributed by atoms with E-state index in [-0.39, 0.29) is 12.5 Å². The van der Waals surface area contributed by atoms with E-state index in [2.05, 4.69) is 10.3 Å². The van der Waals surface area contributed by atoms with Gasteiger partial charge in [-0.15, -0.1) is 0 Å². The first-order chi connectivity index (χ1) is 9.97. The highest BCUT2D eigenvalue weighted by Gasteiger charge is 2.12. The van der Waals surface area contributed by atoms with Crippen LogP contribution in [-0.4, -0.2) is 24.5 Å². The Kier molecular flexibility index (Phi) is 5.04. The Hall–Kier alpha value is -1.78. The van der Waals surface area contributed by atoms with Crippen molar-refractivity contribution >= 4 is 40.6 Å². The second-order valence-electron chi connectivity index (χ2n) is 4.64. The number of carbonyl (C=O) groups is 1. The maximum atomic E-state index is 12.1. The molecule has 0 aliphatic heterocycles. The van der Waals surface area contributed by atoms with Crippen molar-refractivity contribution in [3.8, 4) is 0 Å². The lowest BCUT2D eigenvalue weighted by Gasteiger charge is -2.18. The maximum absolute atomic E-state index is 12.1. The Morgan fingerprint density at radius 3 is 2.43 bits per heavy atom. The highest BCUT2D eigenvalue weighted by Crippen LogP contribution is 2.29. The molecule has 2 aromatic rings. The quantitative estimate of drug-likeness (QED) is 0.931. The molecule has 2 rings (SSSR count). The van der Waals surface area contributed by atoms with Crippen LogP contribution < -0.4 is 10.2 Å². The summed E-state index contributed by atoms with van der Waals surface area (Å²) in [4.78, 5) is 18.2. The molecule has 1 amide bonds. The SMILES string of the molecule is Cc1cccc(N(C)CC(=O)Nc2c(Cl)cccc2Cl)n1. The van der Waals surface area contributed by atoms with E-state index in [0.717, 1.165) is 11.5 Å². The molecule has 1 aromatic heterocycles. The number of rotatable bonds is 4. The van der Waals surface area contributed by atoms with Gasteiger partial charge in [-0.1, -0.05) is 35.3 Å². The summed E-state index contributed by atoms with van der Waals surface area (Å²) < 4.78 is 0. The number of para-hydroxylation sites is 1. The van der Waals surface area contributed by atoms with E-state index in [1.807, 2.05) is 25.1 Å². The molecule has 1 heterocycles. The number of likely N-dealkylation sites (N-methyl/N-ethyl adjacent to an activating group) is 1. The van der Waals surface area contributed by atoms with E-state index in [1.165, 1.54) is 0 Å². The minimum absolute atomic E-state index is 0.151. The van der Waals surface area contributed by atoms with Crippen LogP contribution in [-0.2, 0) is 4.79 Å². The third kappa shape index (κ3) is 4.09. The number of amides is 1. The fourth-order valence-electron chi connectivity index (χ4n) is 1.83. The molecule has 6 heteroatoms. The first-order valence-corrected chi connectivity index (χ1v) is 7.11. The van der Waals surface area contributed by atoms with Crippen molar-refractivity contribution in [1.82, 2.24) is 4.98 Å². The molecule has 0 saturated heterocycles. The summed E-state index contributed by atoms with van der Waals surface area (Å²) in [6, 6.07) is 10.7. The van der Waals surface area contributed by atoms with Gasteiger partial charge in [0.1, 0.15) is 5.82 Å². The van der Waals surface area contributed by atoms with Gasteiger partial charge in [-0.05, 0) is 31.2 Å². The van der Waals surface area contributed by atoms with E-state index < -0.39 is 0 Å². The lowest BCUT2D eigenvalue weighted by molar-refractivity contribution is -0.114. The van der Waals surface area contributed by atoms with Gasteiger partial charge in [-0.2, -0.15) is 0 Å². The topological polar surface area (TPSA) is 45.2 Å². The van der Waals surface area contributed by atoms with Gasteiger partial charge in [0.15, 0.2) is 0 Å². The molecule has 1 N–H and O–H groups in total. The molecule has 0 bridgehead atoms. The fourth-order valence-corrected chi connectivity index (χ4v) is 2.33. The molecule has 0 saturated carbocycles. The number of benzene rings is 1. The Labute approximate surface area is 133 Å². The van der Waals surface area contributed by atoms with Crippen molar-refractivity contribution in [3.63, 3.8) is 0 Å². The van der Waals surface area contributed by atoms with Gasteiger partial charge in [-0.25, -0.2) is 4.98 Å². The summed E-state index contributed by atoms with van der Waals surface area (Å²) >= 11 is 12.0. The molecule has 0 radical (unpaired) electrons. The zero-order chi connectivity index (χ0) is 15.4.